The Balaban J connectivity index is 1.80. The summed E-state index contributed by atoms with van der Waals surface area (Å²) in [6.07, 6.45) is 6.81. The summed E-state index contributed by atoms with van der Waals surface area (Å²) in [5, 5.41) is 12.9. The third-order valence-electron chi connectivity index (χ3n) is 5.05. The van der Waals surface area contributed by atoms with Crippen LogP contribution in [0.1, 0.15) is 43.1 Å². The second-order valence-corrected chi connectivity index (χ2v) is 6.45. The highest BCUT2D eigenvalue weighted by Crippen LogP contribution is 2.39. The summed E-state index contributed by atoms with van der Waals surface area (Å²) in [6.45, 7) is 4.66. The molecule has 1 aromatic rings. The van der Waals surface area contributed by atoms with E-state index in [0.717, 1.165) is 37.3 Å². The van der Waals surface area contributed by atoms with E-state index in [0.29, 0.717) is 18.4 Å². The Morgan fingerprint density at radius 1 is 1.27 bits per heavy atom. The van der Waals surface area contributed by atoms with Gasteiger partial charge in [0.2, 0.25) is 0 Å². The minimum absolute atomic E-state index is 0.154. The van der Waals surface area contributed by atoms with Gasteiger partial charge in [-0.2, -0.15) is 0 Å². The first-order valence-corrected chi connectivity index (χ1v) is 8.14. The predicted octanol–water partition coefficient (Wildman–Crippen LogP) is 2.22. The molecule has 0 bridgehead atoms. The molecule has 2 aliphatic heterocycles. The molecule has 120 valence electrons. The molecule has 3 heterocycles. The molecule has 2 atom stereocenters. The molecular formula is C16H24N4O2. The molecule has 0 radical (unpaired) electrons. The Labute approximate surface area is 131 Å². The first-order valence-electron chi connectivity index (χ1n) is 8.14. The van der Waals surface area contributed by atoms with Gasteiger partial charge in [0.05, 0.1) is 23.6 Å². The zero-order chi connectivity index (χ0) is 15.5. The molecule has 1 aromatic heterocycles. The van der Waals surface area contributed by atoms with Crippen LogP contribution in [-0.4, -0.2) is 45.7 Å². The van der Waals surface area contributed by atoms with Crippen molar-refractivity contribution in [3.63, 3.8) is 0 Å². The van der Waals surface area contributed by atoms with Crippen LogP contribution in [0.25, 0.3) is 0 Å². The van der Waals surface area contributed by atoms with Gasteiger partial charge in [0.15, 0.2) is 0 Å². The van der Waals surface area contributed by atoms with Gasteiger partial charge in [0.1, 0.15) is 0 Å². The van der Waals surface area contributed by atoms with Crippen molar-refractivity contribution in [1.29, 1.82) is 0 Å². The fourth-order valence-corrected chi connectivity index (χ4v) is 3.89. The summed E-state index contributed by atoms with van der Waals surface area (Å²) in [5.41, 5.74) is 1.63. The number of likely N-dealkylation sites (tertiary alicyclic amines) is 1. The van der Waals surface area contributed by atoms with Crippen molar-refractivity contribution in [2.45, 2.75) is 38.6 Å². The summed E-state index contributed by atoms with van der Waals surface area (Å²) in [6, 6.07) is -0.154. The van der Waals surface area contributed by atoms with E-state index in [1.54, 1.807) is 17.3 Å². The van der Waals surface area contributed by atoms with Crippen LogP contribution < -0.4 is 5.32 Å². The second-order valence-electron chi connectivity index (χ2n) is 6.45. The van der Waals surface area contributed by atoms with Crippen LogP contribution in [0.3, 0.4) is 0 Å². The van der Waals surface area contributed by atoms with Crippen LogP contribution in [0, 0.1) is 18.8 Å². The molecule has 1 amide bonds. The summed E-state index contributed by atoms with van der Waals surface area (Å²) < 4.78 is 0. The molecule has 2 unspecified atom stereocenters. The quantitative estimate of drug-likeness (QED) is 0.876. The van der Waals surface area contributed by atoms with Gasteiger partial charge < -0.3 is 10.4 Å². The van der Waals surface area contributed by atoms with Gasteiger partial charge in [0, 0.05) is 12.7 Å². The number of carboxylic acid groups (broad SMARTS) is 1. The molecule has 2 fully saturated rings. The lowest BCUT2D eigenvalue weighted by atomic mass is 9.76. The molecule has 2 N–H and O–H groups in total. The van der Waals surface area contributed by atoms with Crippen molar-refractivity contribution in [3.05, 3.63) is 23.8 Å². The van der Waals surface area contributed by atoms with Gasteiger partial charge in [-0.25, -0.2) is 4.79 Å². The largest absolute Gasteiger partial charge is 0.465 e. The molecule has 2 saturated heterocycles. The lowest BCUT2D eigenvalue weighted by Crippen LogP contribution is -2.43. The first-order chi connectivity index (χ1) is 10.6. The van der Waals surface area contributed by atoms with E-state index in [4.69, 9.17) is 0 Å². The average molecular weight is 304 g/mol. The number of amides is 1. The average Bonchev–Trinajstić information content (AvgIpc) is 2.55. The highest BCUT2D eigenvalue weighted by atomic mass is 16.4. The van der Waals surface area contributed by atoms with E-state index >= 15 is 0 Å². The van der Waals surface area contributed by atoms with Gasteiger partial charge in [0.25, 0.3) is 0 Å². The van der Waals surface area contributed by atoms with Crippen molar-refractivity contribution in [2.24, 2.45) is 11.8 Å². The van der Waals surface area contributed by atoms with Crippen LogP contribution in [0.15, 0.2) is 12.4 Å². The first kappa shape index (κ1) is 15.2. The van der Waals surface area contributed by atoms with Crippen molar-refractivity contribution in [2.75, 3.05) is 19.6 Å². The van der Waals surface area contributed by atoms with Crippen LogP contribution in [0.5, 0.6) is 0 Å². The smallest absolute Gasteiger partial charge is 0.407 e. The maximum Gasteiger partial charge on any atom is 0.407 e. The van der Waals surface area contributed by atoms with Crippen molar-refractivity contribution >= 4 is 6.09 Å². The van der Waals surface area contributed by atoms with E-state index in [-0.39, 0.29) is 6.04 Å². The summed E-state index contributed by atoms with van der Waals surface area (Å²) >= 11 is 0. The lowest BCUT2D eigenvalue weighted by molar-refractivity contribution is 0.0670. The normalized spacial score (nSPS) is 26.9. The van der Waals surface area contributed by atoms with Gasteiger partial charge in [-0.3, -0.25) is 14.9 Å². The Bertz CT molecular complexity index is 531. The minimum atomic E-state index is -0.850. The molecular weight excluding hydrogens is 280 g/mol. The zero-order valence-electron chi connectivity index (χ0n) is 13.0. The van der Waals surface area contributed by atoms with E-state index in [1.807, 2.05) is 6.92 Å². The van der Waals surface area contributed by atoms with Crippen LogP contribution in [0.2, 0.25) is 0 Å². The number of carbonyl (C=O) groups is 1. The number of nitrogens with zero attached hydrogens (tertiary/aromatic N) is 3. The number of aromatic nitrogens is 2. The monoisotopic (exact) mass is 304 g/mol. The van der Waals surface area contributed by atoms with E-state index in [9.17, 15) is 9.90 Å². The minimum Gasteiger partial charge on any atom is -0.465 e. The summed E-state index contributed by atoms with van der Waals surface area (Å²) in [7, 11) is 0. The molecule has 6 nitrogen and oxygen atoms in total. The van der Waals surface area contributed by atoms with E-state index in [2.05, 4.69) is 15.3 Å². The molecule has 3 rings (SSSR count). The molecule has 0 aliphatic carbocycles. The number of hydrogen-bond acceptors (Lipinski definition) is 4. The lowest BCUT2D eigenvalue weighted by Gasteiger charge is -2.41. The number of piperidine rings is 2. The maximum atomic E-state index is 11.6. The van der Waals surface area contributed by atoms with Gasteiger partial charge in [-0.15, -0.1) is 0 Å². The molecule has 0 spiro atoms. The third-order valence-corrected chi connectivity index (χ3v) is 5.05. The maximum absolute atomic E-state index is 11.6. The van der Waals surface area contributed by atoms with Crippen molar-refractivity contribution < 1.29 is 9.90 Å². The van der Waals surface area contributed by atoms with Crippen molar-refractivity contribution in [3.8, 4) is 0 Å². The molecule has 0 aromatic carbocycles. The summed E-state index contributed by atoms with van der Waals surface area (Å²) in [5.74, 6) is 1.29. The Kier molecular flexibility index (Phi) is 4.57. The molecule has 22 heavy (non-hydrogen) atoms. The predicted molar refractivity (Wildman–Crippen MR) is 82.6 cm³/mol. The highest BCUT2D eigenvalue weighted by molar-refractivity contribution is 5.65. The fourth-order valence-electron chi connectivity index (χ4n) is 3.89. The number of hydrogen-bond donors (Lipinski definition) is 2. The fraction of sp³-hybridized carbons (Fsp3) is 0.688. The Morgan fingerprint density at radius 3 is 2.73 bits per heavy atom. The third kappa shape index (κ3) is 3.21. The number of aryl methyl sites for hydroxylation is 1. The molecule has 2 aliphatic rings. The molecule has 6 heteroatoms. The number of nitrogens with one attached hydrogen (secondary N) is 1. The van der Waals surface area contributed by atoms with Crippen LogP contribution in [0.4, 0.5) is 4.79 Å². The van der Waals surface area contributed by atoms with Crippen LogP contribution in [-0.2, 0) is 0 Å². The topological polar surface area (TPSA) is 78.4 Å². The highest BCUT2D eigenvalue weighted by Gasteiger charge is 2.37. The van der Waals surface area contributed by atoms with E-state index < -0.39 is 6.09 Å². The SMILES string of the molecule is Cc1cncc(C2CC(C3CCNCC3)CCN2C(=O)O)n1. The molecule has 0 saturated carbocycles. The zero-order valence-corrected chi connectivity index (χ0v) is 13.0. The Hall–Kier alpha value is -1.69. The van der Waals surface area contributed by atoms with Crippen molar-refractivity contribution in [1.82, 2.24) is 20.2 Å². The second kappa shape index (κ2) is 6.60. The standard InChI is InChI=1S/C16H24N4O2/c1-11-9-18-10-14(19-11)15-8-13(4-7-20(15)16(21)22)12-2-5-17-6-3-12/h9-10,12-13,15,17H,2-8H2,1H3,(H,21,22). The van der Waals surface area contributed by atoms with Gasteiger partial charge in [-0.05, 0) is 57.5 Å². The van der Waals surface area contributed by atoms with Gasteiger partial charge in [-0.1, -0.05) is 0 Å². The summed E-state index contributed by atoms with van der Waals surface area (Å²) in [4.78, 5) is 21.8. The van der Waals surface area contributed by atoms with Crippen LogP contribution >= 0.6 is 0 Å². The number of rotatable bonds is 2. The Morgan fingerprint density at radius 2 is 2.05 bits per heavy atom. The van der Waals surface area contributed by atoms with Gasteiger partial charge >= 0.3 is 6.09 Å². The van der Waals surface area contributed by atoms with E-state index in [1.165, 1.54) is 12.8 Å².